The van der Waals surface area contributed by atoms with Crippen LogP contribution in [0.15, 0.2) is 36.5 Å². The maximum atomic E-state index is 14.5. The third kappa shape index (κ3) is 5.03. The third-order valence-corrected chi connectivity index (χ3v) is 6.14. The molecule has 1 atom stereocenters. The van der Waals surface area contributed by atoms with E-state index in [2.05, 4.69) is 32.1 Å². The van der Waals surface area contributed by atoms with Crippen LogP contribution < -0.4 is 0 Å². The molecule has 2 aromatic rings. The van der Waals surface area contributed by atoms with Crippen molar-refractivity contribution in [1.29, 1.82) is 0 Å². The van der Waals surface area contributed by atoms with Gasteiger partial charge in [0.1, 0.15) is 5.82 Å². The van der Waals surface area contributed by atoms with E-state index >= 15 is 0 Å². The Hall–Kier alpha value is -1.67. The van der Waals surface area contributed by atoms with E-state index in [4.69, 9.17) is 16.6 Å². The van der Waals surface area contributed by atoms with Crippen molar-refractivity contribution in [2.24, 2.45) is 0 Å². The van der Waals surface area contributed by atoms with Gasteiger partial charge < -0.3 is 0 Å². The maximum absolute atomic E-state index is 14.5. The molecule has 3 rings (SSSR count). The van der Waals surface area contributed by atoms with Crippen LogP contribution in [0, 0.1) is 5.82 Å². The van der Waals surface area contributed by atoms with E-state index < -0.39 is 0 Å². The molecule has 0 spiro atoms. The zero-order chi connectivity index (χ0) is 19.9. The number of allylic oxidation sites excluding steroid dienone is 2. The van der Waals surface area contributed by atoms with Crippen LogP contribution in [0.3, 0.4) is 0 Å². The SMILES string of the molecule is CCCCCc1ccc(C2CC=C(c3ccc(CCC)c(F)c3Cl)CC2)nc1. The molecule has 3 heteroatoms. The predicted octanol–water partition coefficient (Wildman–Crippen LogP) is 7.91. The first-order chi connectivity index (χ1) is 13.6. The molecule has 1 unspecified atom stereocenters. The van der Waals surface area contributed by atoms with Crippen molar-refractivity contribution in [3.05, 3.63) is 69.8 Å². The summed E-state index contributed by atoms with van der Waals surface area (Å²) < 4.78 is 14.5. The summed E-state index contributed by atoms with van der Waals surface area (Å²) in [6.45, 7) is 4.28. The molecule has 1 aliphatic carbocycles. The fourth-order valence-corrected chi connectivity index (χ4v) is 4.36. The smallest absolute Gasteiger partial charge is 0.145 e. The number of hydrogen-bond acceptors (Lipinski definition) is 1. The summed E-state index contributed by atoms with van der Waals surface area (Å²) in [6.07, 6.45) is 13.7. The summed E-state index contributed by atoms with van der Waals surface area (Å²) in [7, 11) is 0. The summed E-state index contributed by atoms with van der Waals surface area (Å²) in [4.78, 5) is 4.73. The Labute approximate surface area is 174 Å². The lowest BCUT2D eigenvalue weighted by Crippen LogP contribution is -2.07. The second kappa shape index (κ2) is 10.2. The van der Waals surface area contributed by atoms with Crippen LogP contribution >= 0.6 is 11.6 Å². The van der Waals surface area contributed by atoms with E-state index in [1.54, 1.807) is 0 Å². The molecule has 0 radical (unpaired) electrons. The molecule has 0 aliphatic heterocycles. The Balaban J connectivity index is 1.67. The molecule has 0 amide bonds. The second-order valence-electron chi connectivity index (χ2n) is 7.90. The molecule has 1 aromatic carbocycles. The summed E-state index contributed by atoms with van der Waals surface area (Å²) >= 11 is 6.36. The van der Waals surface area contributed by atoms with Crippen LogP contribution in [0.5, 0.6) is 0 Å². The van der Waals surface area contributed by atoms with Crippen LogP contribution in [-0.2, 0) is 12.8 Å². The summed E-state index contributed by atoms with van der Waals surface area (Å²) in [6, 6.07) is 8.31. The largest absolute Gasteiger partial charge is 0.261 e. The van der Waals surface area contributed by atoms with Crippen LogP contribution in [0.4, 0.5) is 4.39 Å². The van der Waals surface area contributed by atoms with Crippen LogP contribution in [-0.4, -0.2) is 4.98 Å². The molecular weight excluding hydrogens is 369 g/mol. The molecule has 1 aliphatic rings. The summed E-state index contributed by atoms with van der Waals surface area (Å²) in [5, 5.41) is 0.283. The van der Waals surface area contributed by atoms with Gasteiger partial charge in [-0.2, -0.15) is 0 Å². The standard InChI is InChI=1S/C25H31ClFN/c1-3-5-6-8-18-9-16-23(28-17-18)20-12-10-19(11-13-20)22-15-14-21(7-4-2)25(27)24(22)26/h9-10,14-17,20H,3-8,11-13H2,1-2H3. The number of benzene rings is 1. The van der Waals surface area contributed by atoms with Crippen molar-refractivity contribution in [2.45, 2.75) is 77.6 Å². The molecular formula is C25H31ClFN. The fourth-order valence-electron chi connectivity index (χ4n) is 4.05. The topological polar surface area (TPSA) is 12.9 Å². The molecule has 0 saturated carbocycles. The first-order valence-corrected chi connectivity index (χ1v) is 11.1. The molecule has 1 nitrogen and oxygen atoms in total. The first kappa shape index (κ1) is 21.0. The molecule has 0 fully saturated rings. The number of unbranched alkanes of at least 4 members (excludes halogenated alkanes) is 2. The Morgan fingerprint density at radius 2 is 1.93 bits per heavy atom. The lowest BCUT2D eigenvalue weighted by molar-refractivity contribution is 0.601. The number of halogens is 2. The molecule has 0 saturated heterocycles. The maximum Gasteiger partial charge on any atom is 0.145 e. The average Bonchev–Trinajstić information content (AvgIpc) is 2.73. The highest BCUT2D eigenvalue weighted by molar-refractivity contribution is 6.32. The Bertz CT molecular complexity index is 810. The highest BCUT2D eigenvalue weighted by Gasteiger charge is 2.21. The van der Waals surface area contributed by atoms with Crippen molar-refractivity contribution in [2.75, 3.05) is 0 Å². The Kier molecular flexibility index (Phi) is 7.67. The molecule has 1 heterocycles. The highest BCUT2D eigenvalue weighted by Crippen LogP contribution is 2.38. The molecule has 150 valence electrons. The van der Waals surface area contributed by atoms with Gasteiger partial charge in [-0.05, 0) is 66.9 Å². The zero-order valence-corrected chi connectivity index (χ0v) is 17.9. The van der Waals surface area contributed by atoms with Crippen LogP contribution in [0.1, 0.15) is 87.1 Å². The van der Waals surface area contributed by atoms with Gasteiger partial charge in [0.25, 0.3) is 0 Å². The van der Waals surface area contributed by atoms with Gasteiger partial charge in [-0.1, -0.05) is 69.0 Å². The van der Waals surface area contributed by atoms with Crippen molar-refractivity contribution >= 4 is 17.2 Å². The fraction of sp³-hybridized carbons (Fsp3) is 0.480. The van der Waals surface area contributed by atoms with Gasteiger partial charge >= 0.3 is 0 Å². The van der Waals surface area contributed by atoms with Gasteiger partial charge in [-0.15, -0.1) is 0 Å². The van der Waals surface area contributed by atoms with Gasteiger partial charge in [0.15, 0.2) is 0 Å². The van der Waals surface area contributed by atoms with Gasteiger partial charge in [0.05, 0.1) is 5.02 Å². The van der Waals surface area contributed by atoms with Gasteiger partial charge in [0, 0.05) is 17.8 Å². The normalized spacial score (nSPS) is 16.9. The van der Waals surface area contributed by atoms with Crippen molar-refractivity contribution in [1.82, 2.24) is 4.98 Å². The minimum atomic E-state index is -0.246. The lowest BCUT2D eigenvalue weighted by Gasteiger charge is -2.23. The molecule has 0 N–H and O–H groups in total. The van der Waals surface area contributed by atoms with Crippen LogP contribution in [0.2, 0.25) is 5.02 Å². The van der Waals surface area contributed by atoms with E-state index in [0.717, 1.165) is 44.1 Å². The minimum Gasteiger partial charge on any atom is -0.261 e. The highest BCUT2D eigenvalue weighted by atomic mass is 35.5. The predicted molar refractivity (Wildman–Crippen MR) is 117 cm³/mol. The van der Waals surface area contributed by atoms with E-state index in [0.29, 0.717) is 11.5 Å². The van der Waals surface area contributed by atoms with Crippen LogP contribution in [0.25, 0.3) is 5.57 Å². The van der Waals surface area contributed by atoms with Crippen molar-refractivity contribution in [3.63, 3.8) is 0 Å². The van der Waals surface area contributed by atoms with E-state index in [1.165, 1.54) is 36.1 Å². The Morgan fingerprint density at radius 1 is 1.07 bits per heavy atom. The van der Waals surface area contributed by atoms with Gasteiger partial charge in [-0.25, -0.2) is 4.39 Å². The van der Waals surface area contributed by atoms with E-state index in [9.17, 15) is 4.39 Å². The number of nitrogens with zero attached hydrogens (tertiary/aromatic N) is 1. The molecule has 0 bridgehead atoms. The molecule has 28 heavy (non-hydrogen) atoms. The van der Waals surface area contributed by atoms with E-state index in [-0.39, 0.29) is 10.8 Å². The number of hydrogen-bond donors (Lipinski definition) is 0. The lowest BCUT2D eigenvalue weighted by atomic mass is 9.84. The number of aryl methyl sites for hydroxylation is 2. The zero-order valence-electron chi connectivity index (χ0n) is 17.1. The monoisotopic (exact) mass is 399 g/mol. The summed E-state index contributed by atoms with van der Waals surface area (Å²) in [5.74, 6) is 0.195. The van der Waals surface area contributed by atoms with Crippen molar-refractivity contribution in [3.8, 4) is 0 Å². The van der Waals surface area contributed by atoms with E-state index in [1.807, 2.05) is 18.3 Å². The first-order valence-electron chi connectivity index (χ1n) is 10.7. The quantitative estimate of drug-likeness (QED) is 0.411. The molecule has 1 aromatic heterocycles. The Morgan fingerprint density at radius 3 is 2.57 bits per heavy atom. The van der Waals surface area contributed by atoms with Gasteiger partial charge in [-0.3, -0.25) is 4.98 Å². The van der Waals surface area contributed by atoms with Gasteiger partial charge in [0.2, 0.25) is 0 Å². The van der Waals surface area contributed by atoms with Crippen molar-refractivity contribution < 1.29 is 4.39 Å². The third-order valence-electron chi connectivity index (χ3n) is 5.77. The average molecular weight is 400 g/mol. The number of pyridine rings is 1. The summed E-state index contributed by atoms with van der Waals surface area (Å²) in [5.41, 5.74) is 5.24. The minimum absolute atomic E-state index is 0.246. The number of rotatable bonds is 8. The number of aromatic nitrogens is 1. The second-order valence-corrected chi connectivity index (χ2v) is 8.28.